The van der Waals surface area contributed by atoms with Gasteiger partial charge in [0.2, 0.25) is 0 Å². The Balaban J connectivity index is 2.24. The summed E-state index contributed by atoms with van der Waals surface area (Å²) in [7, 11) is 2.03. The molecule has 0 saturated carbocycles. The van der Waals surface area contributed by atoms with Gasteiger partial charge in [-0.2, -0.15) is 0 Å². The molecule has 0 unspecified atom stereocenters. The van der Waals surface area contributed by atoms with Crippen molar-refractivity contribution in [3.05, 3.63) is 28.5 Å². The third-order valence-corrected chi connectivity index (χ3v) is 3.51. The number of nitrogens with zero attached hydrogens (tertiary/aromatic N) is 4. The van der Waals surface area contributed by atoms with Gasteiger partial charge in [0.15, 0.2) is 0 Å². The number of hydrogen-bond acceptors (Lipinski definition) is 6. The maximum Gasteiger partial charge on any atom is 0.135 e. The fourth-order valence-electron chi connectivity index (χ4n) is 1.82. The molecule has 1 N–H and O–H groups in total. The first kappa shape index (κ1) is 14.7. The van der Waals surface area contributed by atoms with E-state index >= 15 is 0 Å². The van der Waals surface area contributed by atoms with Crippen LogP contribution in [0.4, 0.5) is 11.6 Å². The summed E-state index contributed by atoms with van der Waals surface area (Å²) >= 11 is 1.61. The van der Waals surface area contributed by atoms with E-state index in [1.807, 2.05) is 18.6 Å². The largest absolute Gasteiger partial charge is 0.370 e. The highest BCUT2D eigenvalue weighted by molar-refractivity contribution is 7.07. The van der Waals surface area contributed by atoms with Gasteiger partial charge in [-0.25, -0.2) is 15.0 Å². The predicted octanol–water partition coefficient (Wildman–Crippen LogP) is 3.12. The van der Waals surface area contributed by atoms with Gasteiger partial charge in [0.25, 0.3) is 0 Å². The Morgan fingerprint density at radius 2 is 2.15 bits per heavy atom. The zero-order valence-corrected chi connectivity index (χ0v) is 13.2. The molecule has 108 valence electrons. The monoisotopic (exact) mass is 291 g/mol. The minimum Gasteiger partial charge on any atom is -0.370 e. The number of thiazole rings is 1. The molecule has 0 spiro atoms. The van der Waals surface area contributed by atoms with Crippen LogP contribution in [0.3, 0.4) is 0 Å². The quantitative estimate of drug-likeness (QED) is 0.886. The number of nitrogens with one attached hydrogen (secondary N) is 1. The van der Waals surface area contributed by atoms with Crippen LogP contribution in [0.25, 0.3) is 0 Å². The molecule has 2 rings (SSSR count). The van der Waals surface area contributed by atoms with Crippen molar-refractivity contribution in [3.8, 4) is 0 Å². The van der Waals surface area contributed by atoms with Gasteiger partial charge in [-0.1, -0.05) is 13.8 Å². The van der Waals surface area contributed by atoms with Crippen molar-refractivity contribution in [3.63, 3.8) is 0 Å². The minimum absolute atomic E-state index is 0.306. The molecule has 0 aromatic carbocycles. The van der Waals surface area contributed by atoms with Crippen molar-refractivity contribution < 1.29 is 0 Å². The Morgan fingerprint density at radius 1 is 1.35 bits per heavy atom. The molecule has 0 saturated heterocycles. The molecular weight excluding hydrogens is 270 g/mol. The first-order valence-electron chi connectivity index (χ1n) is 6.81. The molecule has 20 heavy (non-hydrogen) atoms. The van der Waals surface area contributed by atoms with Crippen LogP contribution in [0.1, 0.15) is 38.2 Å². The first-order valence-corrected chi connectivity index (χ1v) is 7.75. The highest BCUT2D eigenvalue weighted by Gasteiger charge is 2.11. The van der Waals surface area contributed by atoms with Crippen molar-refractivity contribution >= 4 is 23.0 Å². The van der Waals surface area contributed by atoms with Crippen LogP contribution in [0.2, 0.25) is 0 Å². The molecule has 0 aliphatic heterocycles. The zero-order valence-electron chi connectivity index (χ0n) is 12.4. The average molecular weight is 291 g/mol. The Kier molecular flexibility index (Phi) is 4.89. The Hall–Kier alpha value is -1.69. The van der Waals surface area contributed by atoms with Gasteiger partial charge in [-0.05, 0) is 6.92 Å². The summed E-state index contributed by atoms with van der Waals surface area (Å²) < 4.78 is 0. The second-order valence-corrected chi connectivity index (χ2v) is 5.71. The number of rotatable bonds is 6. The van der Waals surface area contributed by atoms with Gasteiger partial charge in [0.05, 0.1) is 17.7 Å². The minimum atomic E-state index is 0.306. The molecule has 0 aliphatic carbocycles. The summed E-state index contributed by atoms with van der Waals surface area (Å²) in [6.45, 7) is 7.88. The van der Waals surface area contributed by atoms with Crippen molar-refractivity contribution in [2.45, 2.75) is 33.2 Å². The van der Waals surface area contributed by atoms with E-state index in [-0.39, 0.29) is 0 Å². The van der Waals surface area contributed by atoms with Crippen LogP contribution >= 0.6 is 11.3 Å². The smallest absolute Gasteiger partial charge is 0.135 e. The fourth-order valence-corrected chi connectivity index (χ4v) is 2.37. The molecule has 0 aliphatic rings. The summed E-state index contributed by atoms with van der Waals surface area (Å²) in [4.78, 5) is 15.6. The second kappa shape index (κ2) is 6.65. The van der Waals surface area contributed by atoms with Crippen molar-refractivity contribution in [1.29, 1.82) is 0 Å². The summed E-state index contributed by atoms with van der Waals surface area (Å²) in [5, 5.41) is 5.33. The third-order valence-electron chi connectivity index (χ3n) is 2.88. The van der Waals surface area contributed by atoms with Gasteiger partial charge in [0, 0.05) is 31.0 Å². The van der Waals surface area contributed by atoms with Gasteiger partial charge < -0.3 is 10.2 Å². The molecule has 6 heteroatoms. The van der Waals surface area contributed by atoms with Crippen LogP contribution < -0.4 is 10.2 Å². The van der Waals surface area contributed by atoms with E-state index in [2.05, 4.69) is 51.3 Å². The lowest BCUT2D eigenvalue weighted by Crippen LogP contribution is -2.19. The van der Waals surface area contributed by atoms with Gasteiger partial charge in [0.1, 0.15) is 17.5 Å². The van der Waals surface area contributed by atoms with E-state index in [0.717, 1.165) is 36.2 Å². The van der Waals surface area contributed by atoms with Gasteiger partial charge in [-0.3, -0.25) is 0 Å². The van der Waals surface area contributed by atoms with Crippen LogP contribution in [-0.2, 0) is 6.54 Å². The SMILES string of the molecule is CCNc1cc(N(C)Cc2cscn2)nc(C(C)C)n1. The number of aromatic nitrogens is 3. The maximum atomic E-state index is 4.65. The van der Waals surface area contributed by atoms with Crippen molar-refractivity contribution in [1.82, 2.24) is 15.0 Å². The van der Waals surface area contributed by atoms with E-state index in [1.165, 1.54) is 0 Å². The summed E-state index contributed by atoms with van der Waals surface area (Å²) in [6.07, 6.45) is 0. The standard InChI is InChI=1S/C14H21N5S/c1-5-15-12-6-13(18-14(17-12)10(2)3)19(4)7-11-8-20-9-16-11/h6,8-10H,5,7H2,1-4H3,(H,15,17,18). The second-order valence-electron chi connectivity index (χ2n) is 4.99. The van der Waals surface area contributed by atoms with Crippen LogP contribution in [0.5, 0.6) is 0 Å². The first-order chi connectivity index (χ1) is 9.60. The average Bonchev–Trinajstić information content (AvgIpc) is 2.91. The lowest BCUT2D eigenvalue weighted by molar-refractivity contribution is 0.761. The molecule has 2 aromatic heterocycles. The lowest BCUT2D eigenvalue weighted by atomic mass is 10.2. The molecule has 0 fully saturated rings. The number of anilines is 2. The van der Waals surface area contributed by atoms with Crippen molar-refractivity contribution in [2.24, 2.45) is 0 Å². The molecule has 2 aromatic rings. The van der Waals surface area contributed by atoms with Crippen LogP contribution in [0.15, 0.2) is 17.0 Å². The molecule has 0 amide bonds. The van der Waals surface area contributed by atoms with E-state index in [9.17, 15) is 0 Å². The third kappa shape index (κ3) is 3.66. The highest BCUT2D eigenvalue weighted by Crippen LogP contribution is 2.20. The summed E-state index contributed by atoms with van der Waals surface area (Å²) in [5.41, 5.74) is 2.92. The molecule has 0 radical (unpaired) electrons. The summed E-state index contributed by atoms with van der Waals surface area (Å²) in [6, 6.07) is 1.99. The Bertz CT molecular complexity index is 539. The van der Waals surface area contributed by atoms with E-state index in [0.29, 0.717) is 5.92 Å². The predicted molar refractivity (Wildman–Crippen MR) is 84.5 cm³/mol. The van der Waals surface area contributed by atoms with Crippen molar-refractivity contribution in [2.75, 3.05) is 23.8 Å². The van der Waals surface area contributed by atoms with Gasteiger partial charge in [-0.15, -0.1) is 11.3 Å². The van der Waals surface area contributed by atoms with E-state index in [4.69, 9.17) is 0 Å². The molecule has 5 nitrogen and oxygen atoms in total. The lowest BCUT2D eigenvalue weighted by Gasteiger charge is -2.19. The number of hydrogen-bond donors (Lipinski definition) is 1. The zero-order chi connectivity index (χ0) is 14.5. The van der Waals surface area contributed by atoms with E-state index in [1.54, 1.807) is 11.3 Å². The van der Waals surface area contributed by atoms with Gasteiger partial charge >= 0.3 is 0 Å². The fraction of sp³-hybridized carbons (Fsp3) is 0.500. The topological polar surface area (TPSA) is 53.9 Å². The van der Waals surface area contributed by atoms with E-state index < -0.39 is 0 Å². The maximum absolute atomic E-state index is 4.65. The Labute approximate surface area is 124 Å². The normalized spacial score (nSPS) is 10.8. The molecule has 2 heterocycles. The molecule has 0 bridgehead atoms. The van der Waals surface area contributed by atoms with Crippen LogP contribution in [-0.4, -0.2) is 28.5 Å². The molecular formula is C14H21N5S. The highest BCUT2D eigenvalue weighted by atomic mass is 32.1. The summed E-state index contributed by atoms with van der Waals surface area (Å²) in [5.74, 6) is 2.97. The van der Waals surface area contributed by atoms with Crippen LogP contribution in [0, 0.1) is 0 Å². The molecule has 0 atom stereocenters. The Morgan fingerprint density at radius 3 is 2.75 bits per heavy atom.